The summed E-state index contributed by atoms with van der Waals surface area (Å²) in [5.41, 5.74) is 0.157. The van der Waals surface area contributed by atoms with Crippen molar-refractivity contribution in [1.29, 1.82) is 5.26 Å². The van der Waals surface area contributed by atoms with Crippen molar-refractivity contribution in [2.75, 3.05) is 12.0 Å². The van der Waals surface area contributed by atoms with Crippen molar-refractivity contribution < 1.29 is 12.6 Å². The van der Waals surface area contributed by atoms with Crippen molar-refractivity contribution in [3.05, 3.63) is 5.56 Å². The molecule has 0 radical (unpaired) electrons. The van der Waals surface area contributed by atoms with Crippen LogP contribution >= 0.6 is 11.8 Å². The van der Waals surface area contributed by atoms with E-state index in [1.54, 1.807) is 13.3 Å². The van der Waals surface area contributed by atoms with Crippen LogP contribution in [0.2, 0.25) is 0 Å². The van der Waals surface area contributed by atoms with Crippen molar-refractivity contribution in [2.45, 2.75) is 24.8 Å². The summed E-state index contributed by atoms with van der Waals surface area (Å²) in [4.78, 5) is 0. The summed E-state index contributed by atoms with van der Waals surface area (Å²) in [6, 6.07) is 1.92. The molecule has 0 unspecified atom stereocenters. The van der Waals surface area contributed by atoms with Crippen molar-refractivity contribution in [3.8, 4) is 11.9 Å². The van der Waals surface area contributed by atoms with Gasteiger partial charge in [0.2, 0.25) is 0 Å². The molecule has 1 heterocycles. The number of aryl methyl sites for hydroxylation is 1. The Balaban J connectivity index is 3.02. The minimum absolute atomic E-state index is 0.0699. The Labute approximate surface area is 111 Å². The van der Waals surface area contributed by atoms with E-state index in [2.05, 4.69) is 5.10 Å². The van der Waals surface area contributed by atoms with Gasteiger partial charge in [-0.2, -0.15) is 13.7 Å². The van der Waals surface area contributed by atoms with Crippen LogP contribution in [0.15, 0.2) is 5.03 Å². The molecule has 0 bridgehead atoms. The Kier molecular flexibility index (Phi) is 5.04. The third-order valence-corrected chi connectivity index (χ3v) is 4.28. The number of rotatable bonds is 6. The minimum atomic E-state index is -3.68. The SMILES string of the molecule is CCCCS(=O)(=O)Oc1nn(C)c(SC)c1C#N. The molecule has 0 fully saturated rings. The van der Waals surface area contributed by atoms with Crippen LogP contribution in [0.4, 0.5) is 0 Å². The molecule has 0 spiro atoms. The quantitative estimate of drug-likeness (QED) is 0.583. The zero-order valence-corrected chi connectivity index (χ0v) is 12.1. The molecule has 1 aromatic rings. The molecule has 0 aliphatic heterocycles. The van der Waals surface area contributed by atoms with Gasteiger partial charge in [-0.05, 0) is 12.7 Å². The fraction of sp³-hybridized carbons (Fsp3) is 0.600. The molecular formula is C10H15N3O3S2. The summed E-state index contributed by atoms with van der Waals surface area (Å²) in [6.45, 7) is 1.89. The first-order valence-corrected chi connectivity index (χ1v) is 8.18. The van der Waals surface area contributed by atoms with E-state index >= 15 is 0 Å². The van der Waals surface area contributed by atoms with Crippen molar-refractivity contribution in [1.82, 2.24) is 9.78 Å². The molecule has 18 heavy (non-hydrogen) atoms. The number of thioether (sulfide) groups is 1. The molecule has 0 aliphatic rings. The van der Waals surface area contributed by atoms with E-state index in [9.17, 15) is 8.42 Å². The average molecular weight is 289 g/mol. The Hall–Kier alpha value is -1.20. The van der Waals surface area contributed by atoms with E-state index in [1.165, 1.54) is 16.4 Å². The summed E-state index contributed by atoms with van der Waals surface area (Å²) in [7, 11) is -2.04. The smallest absolute Gasteiger partial charge is 0.310 e. The van der Waals surface area contributed by atoms with Gasteiger partial charge in [-0.25, -0.2) is 0 Å². The highest BCUT2D eigenvalue weighted by Crippen LogP contribution is 2.28. The van der Waals surface area contributed by atoms with Crippen LogP contribution in [0.5, 0.6) is 5.88 Å². The number of nitriles is 1. The van der Waals surface area contributed by atoms with Gasteiger partial charge in [-0.3, -0.25) is 4.68 Å². The van der Waals surface area contributed by atoms with Crippen molar-refractivity contribution >= 4 is 21.9 Å². The fourth-order valence-electron chi connectivity index (χ4n) is 1.36. The van der Waals surface area contributed by atoms with Crippen molar-refractivity contribution in [3.63, 3.8) is 0 Å². The molecule has 1 rings (SSSR count). The highest BCUT2D eigenvalue weighted by Gasteiger charge is 2.22. The molecular weight excluding hydrogens is 274 g/mol. The van der Waals surface area contributed by atoms with Gasteiger partial charge in [0.25, 0.3) is 5.88 Å². The zero-order valence-electron chi connectivity index (χ0n) is 10.5. The second-order valence-corrected chi connectivity index (χ2v) is 6.11. The molecule has 6 nitrogen and oxygen atoms in total. The van der Waals surface area contributed by atoms with Crippen LogP contribution in [0.25, 0.3) is 0 Å². The summed E-state index contributed by atoms with van der Waals surface area (Å²) in [5, 5.41) is 13.5. The van der Waals surface area contributed by atoms with Crippen LogP contribution in [-0.2, 0) is 17.2 Å². The van der Waals surface area contributed by atoms with E-state index in [1.807, 2.05) is 13.0 Å². The monoisotopic (exact) mass is 289 g/mol. The Morgan fingerprint density at radius 2 is 2.22 bits per heavy atom. The summed E-state index contributed by atoms with van der Waals surface area (Å²) >= 11 is 1.31. The van der Waals surface area contributed by atoms with Gasteiger partial charge in [0.05, 0.1) is 5.75 Å². The van der Waals surface area contributed by atoms with Crippen LogP contribution in [0.1, 0.15) is 25.3 Å². The number of nitrogens with zero attached hydrogens (tertiary/aromatic N) is 3. The van der Waals surface area contributed by atoms with E-state index in [4.69, 9.17) is 9.44 Å². The molecule has 0 N–H and O–H groups in total. The average Bonchev–Trinajstić information content (AvgIpc) is 2.60. The maximum atomic E-state index is 11.6. The number of aromatic nitrogens is 2. The standard InChI is InChI=1S/C10H15N3O3S2/c1-4-5-6-18(14,15)16-9-8(7-11)10(17-3)13(2)12-9/h4-6H2,1-3H3. The first-order valence-electron chi connectivity index (χ1n) is 5.38. The van der Waals surface area contributed by atoms with Gasteiger partial charge in [-0.1, -0.05) is 13.3 Å². The minimum Gasteiger partial charge on any atom is -0.358 e. The maximum absolute atomic E-state index is 11.6. The van der Waals surface area contributed by atoms with Gasteiger partial charge in [0.1, 0.15) is 16.7 Å². The largest absolute Gasteiger partial charge is 0.358 e. The van der Waals surface area contributed by atoms with Gasteiger partial charge < -0.3 is 4.18 Å². The molecule has 0 aromatic carbocycles. The topological polar surface area (TPSA) is 85.0 Å². The lowest BCUT2D eigenvalue weighted by Gasteiger charge is -2.03. The molecule has 0 saturated heterocycles. The molecule has 100 valence electrons. The van der Waals surface area contributed by atoms with Crippen LogP contribution in [-0.4, -0.2) is 30.2 Å². The normalized spacial score (nSPS) is 11.2. The fourth-order valence-corrected chi connectivity index (χ4v) is 3.08. The van der Waals surface area contributed by atoms with Gasteiger partial charge in [0.15, 0.2) is 0 Å². The second kappa shape index (κ2) is 6.11. The number of hydrogen-bond donors (Lipinski definition) is 0. The van der Waals surface area contributed by atoms with Gasteiger partial charge >= 0.3 is 10.1 Å². The van der Waals surface area contributed by atoms with Gasteiger partial charge in [0, 0.05) is 7.05 Å². The molecule has 8 heteroatoms. The first kappa shape index (κ1) is 14.9. The zero-order chi connectivity index (χ0) is 13.8. The van der Waals surface area contributed by atoms with Crippen LogP contribution in [0.3, 0.4) is 0 Å². The Bertz CT molecular complexity index is 558. The number of hydrogen-bond acceptors (Lipinski definition) is 6. The predicted molar refractivity (Wildman–Crippen MR) is 69.0 cm³/mol. The third-order valence-electron chi connectivity index (χ3n) is 2.22. The maximum Gasteiger partial charge on any atom is 0.310 e. The Morgan fingerprint density at radius 3 is 2.72 bits per heavy atom. The highest BCUT2D eigenvalue weighted by molar-refractivity contribution is 7.98. The number of unbranched alkanes of at least 4 members (excludes halogenated alkanes) is 1. The van der Waals surface area contributed by atoms with Gasteiger partial charge in [-0.15, -0.1) is 16.9 Å². The van der Waals surface area contributed by atoms with E-state index in [0.29, 0.717) is 11.4 Å². The lowest BCUT2D eigenvalue weighted by Crippen LogP contribution is -2.14. The molecule has 0 atom stereocenters. The predicted octanol–water partition coefficient (Wildman–Crippen LogP) is 1.52. The summed E-state index contributed by atoms with van der Waals surface area (Å²) in [6.07, 6.45) is 3.06. The third kappa shape index (κ3) is 3.40. The van der Waals surface area contributed by atoms with E-state index < -0.39 is 10.1 Å². The van der Waals surface area contributed by atoms with Crippen molar-refractivity contribution in [2.24, 2.45) is 7.05 Å². The van der Waals surface area contributed by atoms with E-state index in [0.717, 1.165) is 6.42 Å². The van der Waals surface area contributed by atoms with Crippen LogP contribution < -0.4 is 4.18 Å². The molecule has 0 amide bonds. The lowest BCUT2D eigenvalue weighted by molar-refractivity contribution is 0.467. The van der Waals surface area contributed by atoms with E-state index in [-0.39, 0.29) is 17.2 Å². The highest BCUT2D eigenvalue weighted by atomic mass is 32.2. The molecule has 0 saturated carbocycles. The molecule has 0 aliphatic carbocycles. The second-order valence-electron chi connectivity index (χ2n) is 3.62. The Morgan fingerprint density at radius 1 is 1.56 bits per heavy atom. The van der Waals surface area contributed by atoms with Crippen LogP contribution in [0, 0.1) is 11.3 Å². The summed E-state index contributed by atoms with van der Waals surface area (Å²) in [5.74, 6) is -0.208. The summed E-state index contributed by atoms with van der Waals surface area (Å²) < 4.78 is 29.6. The lowest BCUT2D eigenvalue weighted by atomic mass is 10.4. The molecule has 1 aromatic heterocycles. The first-order chi connectivity index (χ1) is 8.45.